The molecule has 3 nitrogen and oxygen atoms in total. The van der Waals surface area contributed by atoms with Crippen LogP contribution in [0.5, 0.6) is 0 Å². The van der Waals surface area contributed by atoms with E-state index in [2.05, 4.69) is 77.9 Å². The van der Waals surface area contributed by atoms with Crippen LogP contribution in [0.3, 0.4) is 0 Å². The Kier molecular flexibility index (Phi) is 2.48. The second kappa shape index (κ2) is 4.53. The molecule has 2 heterocycles. The lowest BCUT2D eigenvalue weighted by Crippen LogP contribution is -1.83. The van der Waals surface area contributed by atoms with Crippen LogP contribution in [0.25, 0.3) is 38.4 Å². The molecule has 3 heteroatoms. The van der Waals surface area contributed by atoms with Crippen LogP contribution in [0.1, 0.15) is 12.5 Å². The zero-order valence-electron chi connectivity index (χ0n) is 12.8. The third-order valence-corrected chi connectivity index (χ3v) is 4.67. The summed E-state index contributed by atoms with van der Waals surface area (Å²) in [5.74, 6) is 0. The van der Waals surface area contributed by atoms with Crippen molar-refractivity contribution >= 4 is 27.2 Å². The molecule has 2 aromatic heterocycles. The van der Waals surface area contributed by atoms with Crippen molar-refractivity contribution in [3.05, 3.63) is 66.2 Å². The minimum absolute atomic E-state index is 0.955. The van der Waals surface area contributed by atoms with Crippen molar-refractivity contribution in [2.45, 2.75) is 13.3 Å². The number of aryl methyl sites for hydroxylation is 1. The lowest BCUT2D eigenvalue weighted by molar-refractivity contribution is 0.888. The van der Waals surface area contributed by atoms with E-state index in [0.29, 0.717) is 0 Å². The highest BCUT2D eigenvalue weighted by atomic mass is 15.4. The summed E-state index contributed by atoms with van der Waals surface area (Å²) < 4.78 is 1.97. The van der Waals surface area contributed by atoms with Crippen molar-refractivity contribution in [2.24, 2.45) is 0 Å². The van der Waals surface area contributed by atoms with Crippen LogP contribution in [0.15, 0.2) is 60.7 Å². The summed E-state index contributed by atoms with van der Waals surface area (Å²) in [4.78, 5) is 0. The van der Waals surface area contributed by atoms with E-state index in [9.17, 15) is 0 Å². The molecule has 5 aromatic rings. The lowest BCUT2D eigenvalue weighted by Gasteiger charge is -2.00. The molecule has 3 aromatic carbocycles. The van der Waals surface area contributed by atoms with Gasteiger partial charge in [0.05, 0.1) is 5.52 Å². The Balaban J connectivity index is 1.89. The number of hydrogen-bond donors (Lipinski definition) is 0. The van der Waals surface area contributed by atoms with Gasteiger partial charge in [0.15, 0.2) is 0 Å². The second-order valence-electron chi connectivity index (χ2n) is 5.93. The van der Waals surface area contributed by atoms with E-state index in [1.807, 2.05) is 4.52 Å². The molecule has 0 N–H and O–H groups in total. The minimum atomic E-state index is 0.955. The predicted octanol–water partition coefficient (Wildman–Crippen LogP) is 4.70. The fourth-order valence-electron chi connectivity index (χ4n) is 3.48. The Labute approximate surface area is 133 Å². The fraction of sp³-hybridized carbons (Fsp3) is 0.100. The number of benzene rings is 3. The molecule has 0 amide bonds. The average Bonchev–Trinajstić information content (AvgIpc) is 3.17. The normalized spacial score (nSPS) is 11.9. The molecule has 0 radical (unpaired) electrons. The van der Waals surface area contributed by atoms with Gasteiger partial charge in [-0.05, 0) is 23.4 Å². The van der Waals surface area contributed by atoms with E-state index in [1.54, 1.807) is 0 Å². The molecule has 0 spiro atoms. The van der Waals surface area contributed by atoms with Crippen molar-refractivity contribution in [1.29, 1.82) is 0 Å². The number of aromatic nitrogens is 3. The van der Waals surface area contributed by atoms with Crippen LogP contribution < -0.4 is 0 Å². The summed E-state index contributed by atoms with van der Waals surface area (Å²) in [6.45, 7) is 2.17. The van der Waals surface area contributed by atoms with Crippen molar-refractivity contribution in [3.63, 3.8) is 0 Å². The first-order valence-corrected chi connectivity index (χ1v) is 7.94. The van der Waals surface area contributed by atoms with Crippen molar-refractivity contribution in [3.8, 4) is 11.3 Å². The Bertz CT molecular complexity index is 1130. The lowest BCUT2D eigenvalue weighted by atomic mass is 10.0. The van der Waals surface area contributed by atoms with Crippen LogP contribution in [-0.4, -0.2) is 14.8 Å². The van der Waals surface area contributed by atoms with E-state index in [0.717, 1.165) is 28.7 Å². The quantitative estimate of drug-likeness (QED) is 0.472. The van der Waals surface area contributed by atoms with E-state index in [1.165, 1.54) is 21.7 Å². The van der Waals surface area contributed by atoms with Crippen LogP contribution in [0.4, 0.5) is 0 Å². The maximum Gasteiger partial charge on any atom is 0.121 e. The van der Waals surface area contributed by atoms with E-state index < -0.39 is 0 Å². The number of fused-ring (bicyclic) bond motifs is 3. The molecule has 0 bridgehead atoms. The van der Waals surface area contributed by atoms with Crippen LogP contribution >= 0.6 is 0 Å². The van der Waals surface area contributed by atoms with E-state index >= 15 is 0 Å². The SMILES string of the molecule is CCc1ccc(-c2nnn3c4cccc5cccc(c54)c23)cc1. The maximum atomic E-state index is 4.46. The topological polar surface area (TPSA) is 30.2 Å². The van der Waals surface area contributed by atoms with Crippen LogP contribution in [0.2, 0.25) is 0 Å². The number of nitrogens with zero attached hydrogens (tertiary/aromatic N) is 3. The van der Waals surface area contributed by atoms with Crippen molar-refractivity contribution in [2.75, 3.05) is 0 Å². The highest BCUT2D eigenvalue weighted by Crippen LogP contribution is 2.36. The second-order valence-corrected chi connectivity index (χ2v) is 5.93. The monoisotopic (exact) mass is 297 g/mol. The van der Waals surface area contributed by atoms with Gasteiger partial charge in [-0.15, -0.1) is 5.10 Å². The molecule has 0 aliphatic rings. The minimum Gasteiger partial charge on any atom is -0.212 e. The third-order valence-electron chi connectivity index (χ3n) is 4.67. The molecular weight excluding hydrogens is 282 g/mol. The Morgan fingerprint density at radius 2 is 1.70 bits per heavy atom. The smallest absolute Gasteiger partial charge is 0.121 e. The Morgan fingerprint density at radius 3 is 2.48 bits per heavy atom. The zero-order chi connectivity index (χ0) is 15.4. The summed E-state index contributed by atoms with van der Waals surface area (Å²) in [6, 6.07) is 21.4. The maximum absolute atomic E-state index is 4.46. The number of hydrogen-bond acceptors (Lipinski definition) is 2. The van der Waals surface area contributed by atoms with E-state index in [-0.39, 0.29) is 0 Å². The summed E-state index contributed by atoms with van der Waals surface area (Å²) >= 11 is 0. The third kappa shape index (κ3) is 1.65. The molecule has 0 aliphatic carbocycles. The van der Waals surface area contributed by atoms with Gasteiger partial charge in [-0.25, -0.2) is 4.52 Å². The average molecular weight is 297 g/mol. The summed E-state index contributed by atoms with van der Waals surface area (Å²) in [5, 5.41) is 12.6. The summed E-state index contributed by atoms with van der Waals surface area (Å²) in [7, 11) is 0. The molecule has 23 heavy (non-hydrogen) atoms. The van der Waals surface area contributed by atoms with Crippen LogP contribution in [0, 0.1) is 0 Å². The van der Waals surface area contributed by atoms with Crippen LogP contribution in [-0.2, 0) is 6.42 Å². The van der Waals surface area contributed by atoms with Crippen molar-refractivity contribution < 1.29 is 0 Å². The predicted molar refractivity (Wildman–Crippen MR) is 94.0 cm³/mol. The van der Waals surface area contributed by atoms with Gasteiger partial charge in [0.25, 0.3) is 0 Å². The van der Waals surface area contributed by atoms with Gasteiger partial charge in [0.2, 0.25) is 0 Å². The Hall–Kier alpha value is -2.94. The first-order chi connectivity index (χ1) is 11.4. The van der Waals surface area contributed by atoms with E-state index in [4.69, 9.17) is 0 Å². The molecule has 0 atom stereocenters. The first kappa shape index (κ1) is 12.6. The molecule has 0 saturated heterocycles. The highest BCUT2D eigenvalue weighted by molar-refractivity contribution is 6.18. The van der Waals surface area contributed by atoms with Gasteiger partial charge >= 0.3 is 0 Å². The fourth-order valence-corrected chi connectivity index (χ4v) is 3.48. The summed E-state index contributed by atoms with van der Waals surface area (Å²) in [6.07, 6.45) is 1.05. The molecule has 0 unspecified atom stereocenters. The van der Waals surface area contributed by atoms with Gasteiger partial charge in [0, 0.05) is 16.3 Å². The largest absolute Gasteiger partial charge is 0.212 e. The Morgan fingerprint density at radius 1 is 0.913 bits per heavy atom. The molecule has 110 valence electrons. The zero-order valence-corrected chi connectivity index (χ0v) is 12.8. The highest BCUT2D eigenvalue weighted by Gasteiger charge is 2.17. The molecule has 0 fully saturated rings. The standard InChI is InChI=1S/C20H15N3/c1-2-13-9-11-15(12-10-13)19-20-16-7-3-5-14-6-4-8-17(18(14)16)23(20)22-21-19/h3-12H,2H2,1H3. The van der Waals surface area contributed by atoms with Gasteiger partial charge in [-0.1, -0.05) is 66.7 Å². The van der Waals surface area contributed by atoms with Gasteiger partial charge in [-0.2, -0.15) is 0 Å². The van der Waals surface area contributed by atoms with Gasteiger partial charge in [-0.3, -0.25) is 0 Å². The van der Waals surface area contributed by atoms with Gasteiger partial charge < -0.3 is 0 Å². The molecular formula is C20H15N3. The summed E-state index contributed by atoms with van der Waals surface area (Å²) in [5.41, 5.74) is 5.63. The molecule has 0 aliphatic heterocycles. The first-order valence-electron chi connectivity index (χ1n) is 7.94. The van der Waals surface area contributed by atoms with Crippen molar-refractivity contribution in [1.82, 2.24) is 14.8 Å². The molecule has 5 rings (SSSR count). The van der Waals surface area contributed by atoms with Gasteiger partial charge in [0.1, 0.15) is 11.2 Å². The molecule has 0 saturated carbocycles. The number of rotatable bonds is 2.